The SMILES string of the molecule is CCCCCN1CNOC1O. The average Bonchev–Trinajstić information content (AvgIpc) is 2.37. The van der Waals surface area contributed by atoms with Crippen molar-refractivity contribution in [1.82, 2.24) is 10.4 Å². The normalized spacial score (nSPS) is 26.2. The van der Waals surface area contributed by atoms with E-state index in [9.17, 15) is 0 Å². The molecule has 2 N–H and O–H groups in total. The number of hydrogen-bond donors (Lipinski definition) is 2. The molecule has 0 bridgehead atoms. The Balaban J connectivity index is 2.05. The Morgan fingerprint density at radius 3 is 3.00 bits per heavy atom. The minimum absolute atomic E-state index is 0.630. The predicted molar refractivity (Wildman–Crippen MR) is 41.3 cm³/mol. The fraction of sp³-hybridized carbons (Fsp3) is 1.00. The third kappa shape index (κ3) is 2.75. The quantitative estimate of drug-likeness (QED) is 0.578. The van der Waals surface area contributed by atoms with Crippen LogP contribution in [0.1, 0.15) is 26.2 Å². The zero-order valence-corrected chi connectivity index (χ0v) is 6.92. The van der Waals surface area contributed by atoms with Crippen LogP contribution in [0.25, 0.3) is 0 Å². The van der Waals surface area contributed by atoms with Gasteiger partial charge in [0.05, 0.1) is 6.67 Å². The van der Waals surface area contributed by atoms with E-state index in [1.54, 1.807) is 0 Å². The highest BCUT2D eigenvalue weighted by Gasteiger charge is 2.21. The molecule has 0 aromatic rings. The topological polar surface area (TPSA) is 44.7 Å². The van der Waals surface area contributed by atoms with Gasteiger partial charge >= 0.3 is 0 Å². The van der Waals surface area contributed by atoms with Crippen molar-refractivity contribution in [3.8, 4) is 0 Å². The number of unbranched alkanes of at least 4 members (excludes halogenated alkanes) is 2. The van der Waals surface area contributed by atoms with Crippen molar-refractivity contribution in [3.05, 3.63) is 0 Å². The Bertz CT molecular complexity index is 111. The highest BCUT2D eigenvalue weighted by Crippen LogP contribution is 2.05. The standard InChI is InChI=1S/C7H16N2O2/c1-2-3-4-5-9-6-8-11-7(9)10/h7-8,10H,2-6H2,1H3. The summed E-state index contributed by atoms with van der Waals surface area (Å²) in [6.07, 6.45) is 2.80. The molecule has 0 aliphatic carbocycles. The number of rotatable bonds is 4. The fourth-order valence-electron chi connectivity index (χ4n) is 1.10. The number of aliphatic hydroxyl groups excluding tert-OH is 1. The summed E-state index contributed by atoms with van der Waals surface area (Å²) in [4.78, 5) is 6.58. The van der Waals surface area contributed by atoms with E-state index in [4.69, 9.17) is 9.94 Å². The summed E-state index contributed by atoms with van der Waals surface area (Å²) in [6, 6.07) is 0. The van der Waals surface area contributed by atoms with E-state index in [1.807, 2.05) is 4.90 Å². The molecule has 1 aliphatic rings. The molecule has 0 aromatic carbocycles. The van der Waals surface area contributed by atoms with Crippen LogP contribution in [0.2, 0.25) is 0 Å². The molecule has 1 saturated heterocycles. The summed E-state index contributed by atoms with van der Waals surface area (Å²) >= 11 is 0. The predicted octanol–water partition coefficient (Wildman–Crippen LogP) is 0.247. The van der Waals surface area contributed by atoms with E-state index in [0.717, 1.165) is 13.0 Å². The second-order valence-corrected chi connectivity index (χ2v) is 2.77. The number of hydroxylamine groups is 1. The molecule has 0 amide bonds. The van der Waals surface area contributed by atoms with Gasteiger partial charge in [-0.25, -0.2) is 4.90 Å². The van der Waals surface area contributed by atoms with E-state index in [-0.39, 0.29) is 0 Å². The van der Waals surface area contributed by atoms with Crippen LogP contribution in [0.5, 0.6) is 0 Å². The summed E-state index contributed by atoms with van der Waals surface area (Å²) < 4.78 is 0. The first-order chi connectivity index (χ1) is 5.34. The Morgan fingerprint density at radius 1 is 1.64 bits per heavy atom. The highest BCUT2D eigenvalue weighted by molar-refractivity contribution is 4.56. The molecule has 66 valence electrons. The Kier molecular flexibility index (Phi) is 3.79. The van der Waals surface area contributed by atoms with E-state index in [0.29, 0.717) is 6.67 Å². The molecular weight excluding hydrogens is 144 g/mol. The average molecular weight is 160 g/mol. The molecule has 1 fully saturated rings. The first kappa shape index (κ1) is 8.93. The van der Waals surface area contributed by atoms with E-state index in [1.165, 1.54) is 12.8 Å². The van der Waals surface area contributed by atoms with Crippen molar-refractivity contribution < 1.29 is 9.94 Å². The smallest absolute Gasteiger partial charge is 0.235 e. The van der Waals surface area contributed by atoms with Crippen LogP contribution in [0, 0.1) is 0 Å². The van der Waals surface area contributed by atoms with Crippen LogP contribution < -0.4 is 5.48 Å². The van der Waals surface area contributed by atoms with Gasteiger partial charge in [0.15, 0.2) is 0 Å². The van der Waals surface area contributed by atoms with Gasteiger partial charge in [-0.05, 0) is 6.42 Å². The number of aliphatic hydroxyl groups is 1. The summed E-state index contributed by atoms with van der Waals surface area (Å²) in [5, 5.41) is 9.13. The van der Waals surface area contributed by atoms with Gasteiger partial charge in [-0.1, -0.05) is 19.8 Å². The number of nitrogens with zero attached hydrogens (tertiary/aromatic N) is 1. The maximum absolute atomic E-state index is 9.13. The maximum Gasteiger partial charge on any atom is 0.235 e. The number of hydrogen-bond acceptors (Lipinski definition) is 4. The molecule has 0 radical (unpaired) electrons. The minimum atomic E-state index is -0.744. The third-order valence-corrected chi connectivity index (χ3v) is 1.82. The van der Waals surface area contributed by atoms with Crippen LogP contribution in [-0.4, -0.2) is 29.6 Å². The Morgan fingerprint density at radius 2 is 2.45 bits per heavy atom. The lowest BCUT2D eigenvalue weighted by Crippen LogP contribution is -2.30. The van der Waals surface area contributed by atoms with Crippen molar-refractivity contribution in [2.45, 2.75) is 32.6 Å². The van der Waals surface area contributed by atoms with Crippen LogP contribution in [0.4, 0.5) is 0 Å². The lowest BCUT2D eigenvalue weighted by atomic mass is 10.2. The lowest BCUT2D eigenvalue weighted by Gasteiger charge is -2.15. The van der Waals surface area contributed by atoms with Gasteiger partial charge in [-0.2, -0.15) is 5.48 Å². The summed E-state index contributed by atoms with van der Waals surface area (Å²) in [6.45, 7) is 3.70. The fourth-order valence-corrected chi connectivity index (χ4v) is 1.10. The van der Waals surface area contributed by atoms with Crippen molar-refractivity contribution in [2.75, 3.05) is 13.2 Å². The molecule has 1 unspecified atom stereocenters. The van der Waals surface area contributed by atoms with Gasteiger partial charge in [-0.15, -0.1) is 0 Å². The second kappa shape index (κ2) is 4.66. The summed E-state index contributed by atoms with van der Waals surface area (Å²) in [5.41, 5.74) is 2.62. The molecule has 4 heteroatoms. The van der Waals surface area contributed by atoms with Gasteiger partial charge in [0.2, 0.25) is 6.41 Å². The van der Waals surface area contributed by atoms with E-state index < -0.39 is 6.41 Å². The molecule has 1 atom stereocenters. The first-order valence-electron chi connectivity index (χ1n) is 4.15. The van der Waals surface area contributed by atoms with Crippen LogP contribution >= 0.6 is 0 Å². The van der Waals surface area contributed by atoms with Gasteiger partial charge < -0.3 is 5.11 Å². The number of nitrogens with one attached hydrogen (secondary N) is 1. The zero-order valence-electron chi connectivity index (χ0n) is 6.92. The van der Waals surface area contributed by atoms with Crippen molar-refractivity contribution >= 4 is 0 Å². The van der Waals surface area contributed by atoms with E-state index >= 15 is 0 Å². The van der Waals surface area contributed by atoms with Crippen LogP contribution in [0.3, 0.4) is 0 Å². The molecule has 0 saturated carbocycles. The molecule has 11 heavy (non-hydrogen) atoms. The lowest BCUT2D eigenvalue weighted by molar-refractivity contribution is -0.155. The highest BCUT2D eigenvalue weighted by atomic mass is 16.8. The molecule has 0 aromatic heterocycles. The first-order valence-corrected chi connectivity index (χ1v) is 4.15. The van der Waals surface area contributed by atoms with Crippen molar-refractivity contribution in [1.29, 1.82) is 0 Å². The Hall–Kier alpha value is -0.160. The van der Waals surface area contributed by atoms with E-state index in [2.05, 4.69) is 12.4 Å². The maximum atomic E-state index is 9.13. The molecule has 1 rings (SSSR count). The minimum Gasteiger partial charge on any atom is -0.354 e. The molecule has 1 heterocycles. The molecule has 1 aliphatic heterocycles. The largest absolute Gasteiger partial charge is 0.354 e. The zero-order chi connectivity index (χ0) is 8.10. The molecule has 0 spiro atoms. The third-order valence-electron chi connectivity index (χ3n) is 1.82. The summed E-state index contributed by atoms with van der Waals surface area (Å²) in [7, 11) is 0. The molecular formula is C7H16N2O2. The van der Waals surface area contributed by atoms with Gasteiger partial charge in [-0.3, -0.25) is 4.84 Å². The van der Waals surface area contributed by atoms with Gasteiger partial charge in [0.25, 0.3) is 0 Å². The second-order valence-electron chi connectivity index (χ2n) is 2.77. The van der Waals surface area contributed by atoms with Crippen molar-refractivity contribution in [3.63, 3.8) is 0 Å². The van der Waals surface area contributed by atoms with Crippen molar-refractivity contribution in [2.24, 2.45) is 0 Å². The van der Waals surface area contributed by atoms with Gasteiger partial charge in [0.1, 0.15) is 0 Å². The monoisotopic (exact) mass is 160 g/mol. The Labute approximate surface area is 67.1 Å². The summed E-state index contributed by atoms with van der Waals surface area (Å²) in [5.74, 6) is 0. The van der Waals surface area contributed by atoms with Crippen LogP contribution in [0.15, 0.2) is 0 Å². The van der Waals surface area contributed by atoms with Crippen LogP contribution in [-0.2, 0) is 4.84 Å². The molecule has 4 nitrogen and oxygen atoms in total. The van der Waals surface area contributed by atoms with Gasteiger partial charge in [0, 0.05) is 6.54 Å².